The zero-order chi connectivity index (χ0) is 18.1. The van der Waals surface area contributed by atoms with E-state index >= 15 is 0 Å². The molecule has 1 heterocycles. The normalized spacial score (nSPS) is 16.6. The molecule has 1 fully saturated rings. The van der Waals surface area contributed by atoms with E-state index in [1.165, 1.54) is 5.56 Å². The number of nitrogens with one attached hydrogen (secondary N) is 2. The Labute approximate surface area is 155 Å². The van der Waals surface area contributed by atoms with Crippen molar-refractivity contribution in [1.29, 1.82) is 0 Å². The lowest BCUT2D eigenvalue weighted by Gasteiger charge is -2.25. The van der Waals surface area contributed by atoms with Gasteiger partial charge in [-0.15, -0.1) is 0 Å². The molecule has 6 nitrogen and oxygen atoms in total. The number of guanidine groups is 1. The van der Waals surface area contributed by atoms with E-state index in [-0.39, 0.29) is 5.75 Å². The van der Waals surface area contributed by atoms with Crippen molar-refractivity contribution < 1.29 is 8.42 Å². The second-order valence-corrected chi connectivity index (χ2v) is 9.25. The van der Waals surface area contributed by atoms with E-state index < -0.39 is 10.0 Å². The second kappa shape index (κ2) is 10.0. The number of thioether (sulfide) groups is 1. The molecule has 0 aliphatic carbocycles. The Morgan fingerprint density at radius 1 is 1.20 bits per heavy atom. The van der Waals surface area contributed by atoms with Gasteiger partial charge in [0.2, 0.25) is 10.0 Å². The van der Waals surface area contributed by atoms with Crippen molar-refractivity contribution in [2.75, 3.05) is 43.4 Å². The number of nitrogens with zero attached hydrogens (tertiary/aromatic N) is 2. The van der Waals surface area contributed by atoms with Gasteiger partial charge in [-0.05, 0) is 19.4 Å². The maximum Gasteiger partial charge on any atom is 0.215 e. The first-order valence-corrected chi connectivity index (χ1v) is 11.4. The molecular weight excluding hydrogens is 356 g/mol. The highest BCUT2D eigenvalue weighted by molar-refractivity contribution is 7.99. The molecule has 2 N–H and O–H groups in total. The molecule has 25 heavy (non-hydrogen) atoms. The van der Waals surface area contributed by atoms with Gasteiger partial charge < -0.3 is 10.6 Å². The monoisotopic (exact) mass is 384 g/mol. The number of benzene rings is 1. The van der Waals surface area contributed by atoms with Gasteiger partial charge in [0.1, 0.15) is 0 Å². The molecule has 0 aromatic heterocycles. The van der Waals surface area contributed by atoms with Crippen molar-refractivity contribution in [2.24, 2.45) is 4.99 Å². The van der Waals surface area contributed by atoms with Crippen molar-refractivity contribution in [3.05, 3.63) is 35.4 Å². The summed E-state index contributed by atoms with van der Waals surface area (Å²) in [7, 11) is -3.19. The number of aliphatic imine (C=N–C) groups is 1. The molecule has 0 saturated carbocycles. The van der Waals surface area contributed by atoms with Crippen LogP contribution in [-0.2, 0) is 16.6 Å². The van der Waals surface area contributed by atoms with Crippen molar-refractivity contribution in [1.82, 2.24) is 14.9 Å². The molecular formula is C17H28N4O2S2. The molecule has 0 atom stereocenters. The van der Waals surface area contributed by atoms with Crippen LogP contribution >= 0.6 is 11.8 Å². The summed E-state index contributed by atoms with van der Waals surface area (Å²) in [6.45, 7) is 6.93. The Balaban J connectivity index is 1.85. The van der Waals surface area contributed by atoms with Crippen LogP contribution in [0.4, 0.5) is 0 Å². The standard InChI is InChI=1S/C17H28N4O2S2/c1-3-18-17(20-14-16-6-4-15(2)5-7-16)19-8-13-25(22,23)21-9-11-24-12-10-21/h4-7H,3,8-14H2,1-2H3,(H2,18,19,20). The van der Waals surface area contributed by atoms with E-state index in [4.69, 9.17) is 0 Å². The first-order chi connectivity index (χ1) is 12.0. The van der Waals surface area contributed by atoms with Gasteiger partial charge in [-0.3, -0.25) is 0 Å². The molecule has 0 unspecified atom stereocenters. The summed E-state index contributed by atoms with van der Waals surface area (Å²) in [6.07, 6.45) is 0. The lowest BCUT2D eigenvalue weighted by atomic mass is 10.1. The fourth-order valence-corrected chi connectivity index (χ4v) is 4.95. The van der Waals surface area contributed by atoms with Crippen LogP contribution in [0, 0.1) is 6.92 Å². The van der Waals surface area contributed by atoms with Crippen LogP contribution in [0.5, 0.6) is 0 Å². The maximum atomic E-state index is 12.4. The first-order valence-electron chi connectivity index (χ1n) is 8.64. The molecule has 8 heteroatoms. The Bertz CT molecular complexity index is 654. The van der Waals surface area contributed by atoms with Crippen molar-refractivity contribution in [3.63, 3.8) is 0 Å². The highest BCUT2D eigenvalue weighted by Crippen LogP contribution is 2.13. The van der Waals surface area contributed by atoms with Crippen LogP contribution in [0.15, 0.2) is 29.3 Å². The summed E-state index contributed by atoms with van der Waals surface area (Å²) >= 11 is 1.80. The topological polar surface area (TPSA) is 73.8 Å². The fraction of sp³-hybridized carbons (Fsp3) is 0.588. The Hall–Kier alpha value is -1.25. The Kier molecular flexibility index (Phi) is 8.05. The summed E-state index contributed by atoms with van der Waals surface area (Å²) in [4.78, 5) is 4.53. The maximum absolute atomic E-state index is 12.4. The quantitative estimate of drug-likeness (QED) is 0.550. The molecule has 1 aliphatic heterocycles. The van der Waals surface area contributed by atoms with Crippen LogP contribution in [0.2, 0.25) is 0 Å². The molecule has 1 saturated heterocycles. The molecule has 0 radical (unpaired) electrons. The first kappa shape index (κ1) is 20.1. The average molecular weight is 385 g/mol. The minimum atomic E-state index is -3.19. The van der Waals surface area contributed by atoms with E-state index in [1.807, 2.05) is 6.92 Å². The zero-order valence-corrected chi connectivity index (χ0v) is 16.6. The van der Waals surface area contributed by atoms with Crippen molar-refractivity contribution in [2.45, 2.75) is 20.4 Å². The lowest BCUT2D eigenvalue weighted by Crippen LogP contribution is -2.44. The fourth-order valence-electron chi connectivity index (χ4n) is 2.46. The van der Waals surface area contributed by atoms with Gasteiger partial charge in [0.05, 0.1) is 12.3 Å². The molecule has 2 rings (SSSR count). The third-order valence-electron chi connectivity index (χ3n) is 3.90. The van der Waals surface area contributed by atoms with E-state index in [0.29, 0.717) is 32.1 Å². The van der Waals surface area contributed by atoms with Crippen molar-refractivity contribution in [3.8, 4) is 0 Å². The SMILES string of the molecule is CCNC(=NCc1ccc(C)cc1)NCCS(=O)(=O)N1CCSCC1. The molecule has 1 aliphatic rings. The number of aryl methyl sites for hydroxylation is 1. The molecule has 0 spiro atoms. The summed E-state index contributed by atoms with van der Waals surface area (Å²) in [5, 5.41) is 6.28. The van der Waals surface area contributed by atoms with E-state index in [1.54, 1.807) is 16.1 Å². The van der Waals surface area contributed by atoms with Gasteiger partial charge >= 0.3 is 0 Å². The highest BCUT2D eigenvalue weighted by Gasteiger charge is 2.23. The second-order valence-electron chi connectivity index (χ2n) is 5.93. The minimum absolute atomic E-state index is 0.0899. The van der Waals surface area contributed by atoms with E-state index in [0.717, 1.165) is 23.6 Å². The summed E-state index contributed by atoms with van der Waals surface area (Å²) in [5.74, 6) is 2.50. The van der Waals surface area contributed by atoms with Crippen molar-refractivity contribution >= 4 is 27.7 Å². The van der Waals surface area contributed by atoms with Gasteiger partial charge in [0, 0.05) is 37.7 Å². The molecule has 140 valence electrons. The Morgan fingerprint density at radius 3 is 2.52 bits per heavy atom. The predicted octanol–water partition coefficient (Wildman–Crippen LogP) is 1.43. The average Bonchev–Trinajstić information content (AvgIpc) is 2.61. The smallest absolute Gasteiger partial charge is 0.215 e. The Morgan fingerprint density at radius 2 is 1.88 bits per heavy atom. The summed E-state index contributed by atoms with van der Waals surface area (Å²) in [5.41, 5.74) is 2.35. The number of sulfonamides is 1. The highest BCUT2D eigenvalue weighted by atomic mass is 32.2. The number of rotatable bonds is 7. The van der Waals surface area contributed by atoms with Crippen LogP contribution in [0.1, 0.15) is 18.1 Å². The number of hydrogen-bond donors (Lipinski definition) is 2. The van der Waals surface area contributed by atoms with Gasteiger partial charge in [-0.2, -0.15) is 11.8 Å². The third-order valence-corrected chi connectivity index (χ3v) is 6.71. The lowest BCUT2D eigenvalue weighted by molar-refractivity contribution is 0.443. The molecule has 0 bridgehead atoms. The third kappa shape index (κ3) is 6.87. The summed E-state index contributed by atoms with van der Waals surface area (Å²) < 4.78 is 26.3. The van der Waals surface area contributed by atoms with Crippen LogP contribution in [0.3, 0.4) is 0 Å². The number of hydrogen-bond acceptors (Lipinski definition) is 4. The summed E-state index contributed by atoms with van der Waals surface area (Å²) in [6, 6.07) is 8.24. The van der Waals surface area contributed by atoms with Gasteiger partial charge in [0.15, 0.2) is 5.96 Å². The van der Waals surface area contributed by atoms with Gasteiger partial charge in [-0.25, -0.2) is 17.7 Å². The molecule has 1 aromatic carbocycles. The van der Waals surface area contributed by atoms with Gasteiger partial charge in [-0.1, -0.05) is 29.8 Å². The van der Waals surface area contributed by atoms with E-state index in [9.17, 15) is 8.42 Å². The van der Waals surface area contributed by atoms with Crippen LogP contribution in [0.25, 0.3) is 0 Å². The van der Waals surface area contributed by atoms with Crippen LogP contribution in [-0.4, -0.2) is 62.1 Å². The minimum Gasteiger partial charge on any atom is -0.357 e. The predicted molar refractivity (Wildman–Crippen MR) is 107 cm³/mol. The molecule has 0 amide bonds. The largest absolute Gasteiger partial charge is 0.357 e. The van der Waals surface area contributed by atoms with E-state index in [2.05, 4.69) is 46.8 Å². The zero-order valence-electron chi connectivity index (χ0n) is 15.0. The molecule has 1 aromatic rings. The van der Waals surface area contributed by atoms with Gasteiger partial charge in [0.25, 0.3) is 0 Å². The van der Waals surface area contributed by atoms with Crippen LogP contribution < -0.4 is 10.6 Å².